The molecule has 0 bridgehead atoms. The van der Waals surface area contributed by atoms with E-state index >= 15 is 0 Å². The second kappa shape index (κ2) is 8.91. The Kier molecular flexibility index (Phi) is 6.84. The summed E-state index contributed by atoms with van der Waals surface area (Å²) < 4.78 is 0. The fourth-order valence-electron chi connectivity index (χ4n) is 2.35. The Labute approximate surface area is 133 Å². The van der Waals surface area contributed by atoms with Gasteiger partial charge in [0, 0.05) is 16.7 Å². The Morgan fingerprint density at radius 3 is 2.43 bits per heavy atom. The second-order valence-corrected chi connectivity index (χ2v) is 6.48. The highest BCUT2D eigenvalue weighted by Crippen LogP contribution is 2.23. The quantitative estimate of drug-likeness (QED) is 0.709. The van der Waals surface area contributed by atoms with Crippen molar-refractivity contribution >= 4 is 11.8 Å². The Bertz CT molecular complexity index is 524. The minimum atomic E-state index is 0.525. The van der Waals surface area contributed by atoms with Gasteiger partial charge in [-0.15, -0.1) is 11.8 Å². The molecule has 2 heteroatoms. The molecule has 0 fully saturated rings. The summed E-state index contributed by atoms with van der Waals surface area (Å²) >= 11 is 1.96. The van der Waals surface area contributed by atoms with E-state index in [1.165, 1.54) is 22.4 Å². The summed E-state index contributed by atoms with van der Waals surface area (Å²) in [4.78, 5) is 1.40. The van der Waals surface area contributed by atoms with E-state index in [-0.39, 0.29) is 0 Å². The molecule has 1 unspecified atom stereocenters. The van der Waals surface area contributed by atoms with Crippen LogP contribution in [0.2, 0.25) is 0 Å². The van der Waals surface area contributed by atoms with Crippen LogP contribution in [0.4, 0.5) is 0 Å². The van der Waals surface area contributed by atoms with Crippen molar-refractivity contribution in [2.24, 2.45) is 0 Å². The first-order chi connectivity index (χ1) is 10.3. The predicted molar refractivity (Wildman–Crippen MR) is 94.1 cm³/mol. The molecule has 2 aromatic carbocycles. The topological polar surface area (TPSA) is 12.0 Å². The summed E-state index contributed by atoms with van der Waals surface area (Å²) in [6.07, 6.45) is 2.28. The van der Waals surface area contributed by atoms with E-state index in [0.29, 0.717) is 6.04 Å². The van der Waals surface area contributed by atoms with Crippen molar-refractivity contribution in [3.8, 4) is 0 Å². The average molecular weight is 299 g/mol. The maximum Gasteiger partial charge on any atom is 0.0202 e. The first kappa shape index (κ1) is 16.1. The van der Waals surface area contributed by atoms with Crippen LogP contribution >= 0.6 is 11.8 Å². The molecular formula is C19H25NS. The van der Waals surface area contributed by atoms with Crippen LogP contribution in [0.3, 0.4) is 0 Å². The number of hydrogen-bond acceptors (Lipinski definition) is 2. The number of rotatable bonds is 8. The third kappa shape index (κ3) is 5.56. The van der Waals surface area contributed by atoms with E-state index in [0.717, 1.165) is 18.7 Å². The van der Waals surface area contributed by atoms with Crippen LogP contribution in [0.1, 0.15) is 24.5 Å². The number of thioether (sulfide) groups is 1. The summed E-state index contributed by atoms with van der Waals surface area (Å²) in [5.41, 5.74) is 2.79. The van der Waals surface area contributed by atoms with E-state index < -0.39 is 0 Å². The minimum absolute atomic E-state index is 0.525. The molecule has 0 saturated heterocycles. The van der Waals surface area contributed by atoms with Crippen LogP contribution in [0.15, 0.2) is 59.5 Å². The van der Waals surface area contributed by atoms with Crippen LogP contribution in [0.25, 0.3) is 0 Å². The van der Waals surface area contributed by atoms with Crippen LogP contribution < -0.4 is 5.32 Å². The number of benzene rings is 2. The molecule has 0 spiro atoms. The van der Waals surface area contributed by atoms with Crippen LogP contribution in [-0.2, 0) is 6.42 Å². The van der Waals surface area contributed by atoms with Gasteiger partial charge >= 0.3 is 0 Å². The minimum Gasteiger partial charge on any atom is -0.313 e. The molecule has 2 aromatic rings. The Balaban J connectivity index is 1.94. The van der Waals surface area contributed by atoms with Crippen LogP contribution in [0, 0.1) is 6.92 Å². The summed E-state index contributed by atoms with van der Waals surface area (Å²) in [5.74, 6) is 1.11. The standard InChI is InChI=1S/C19H25NS/c1-3-13-20-18(14-17-10-5-4-6-11-17)15-21-19-12-8-7-9-16(19)2/h4-12,18,20H,3,13-15H2,1-2H3. The average Bonchev–Trinajstić information content (AvgIpc) is 2.52. The summed E-state index contributed by atoms with van der Waals surface area (Å²) in [6, 6.07) is 19.9. The lowest BCUT2D eigenvalue weighted by Gasteiger charge is -2.19. The summed E-state index contributed by atoms with van der Waals surface area (Å²) in [5, 5.41) is 3.69. The van der Waals surface area contributed by atoms with Gasteiger partial charge in [0.15, 0.2) is 0 Å². The first-order valence-corrected chi connectivity index (χ1v) is 8.74. The highest BCUT2D eigenvalue weighted by atomic mass is 32.2. The van der Waals surface area contributed by atoms with Gasteiger partial charge in [0.2, 0.25) is 0 Å². The number of hydrogen-bond donors (Lipinski definition) is 1. The Morgan fingerprint density at radius 2 is 1.71 bits per heavy atom. The molecule has 0 heterocycles. The fourth-order valence-corrected chi connectivity index (χ4v) is 3.43. The van der Waals surface area contributed by atoms with Crippen LogP contribution in [-0.4, -0.2) is 18.3 Å². The maximum atomic E-state index is 3.69. The van der Waals surface area contributed by atoms with Crippen molar-refractivity contribution in [3.05, 3.63) is 65.7 Å². The van der Waals surface area contributed by atoms with E-state index in [2.05, 4.69) is 73.8 Å². The highest BCUT2D eigenvalue weighted by Gasteiger charge is 2.10. The van der Waals surface area contributed by atoms with E-state index in [1.54, 1.807) is 0 Å². The molecule has 0 radical (unpaired) electrons. The first-order valence-electron chi connectivity index (χ1n) is 7.75. The third-order valence-electron chi connectivity index (χ3n) is 3.54. The predicted octanol–water partition coefficient (Wildman–Crippen LogP) is 4.70. The van der Waals surface area contributed by atoms with Crippen molar-refractivity contribution in [3.63, 3.8) is 0 Å². The molecule has 1 N–H and O–H groups in total. The molecule has 0 aliphatic rings. The van der Waals surface area contributed by atoms with Crippen molar-refractivity contribution < 1.29 is 0 Å². The molecule has 0 saturated carbocycles. The van der Waals surface area contributed by atoms with Crippen LogP contribution in [0.5, 0.6) is 0 Å². The lowest BCUT2D eigenvalue weighted by atomic mass is 10.1. The van der Waals surface area contributed by atoms with Gasteiger partial charge in [-0.3, -0.25) is 0 Å². The van der Waals surface area contributed by atoms with Crippen molar-refractivity contribution in [1.29, 1.82) is 0 Å². The van der Waals surface area contributed by atoms with Crippen molar-refractivity contribution in [2.45, 2.75) is 37.6 Å². The van der Waals surface area contributed by atoms with Crippen molar-refractivity contribution in [2.75, 3.05) is 12.3 Å². The van der Waals surface area contributed by atoms with Gasteiger partial charge < -0.3 is 5.32 Å². The van der Waals surface area contributed by atoms with Gasteiger partial charge in [-0.05, 0) is 43.5 Å². The largest absolute Gasteiger partial charge is 0.313 e. The van der Waals surface area contributed by atoms with Gasteiger partial charge in [0.1, 0.15) is 0 Å². The van der Waals surface area contributed by atoms with E-state index in [9.17, 15) is 0 Å². The molecule has 0 amide bonds. The smallest absolute Gasteiger partial charge is 0.0202 e. The summed E-state index contributed by atoms with van der Waals surface area (Å²) in [6.45, 7) is 5.50. The molecule has 0 aliphatic heterocycles. The van der Waals surface area contributed by atoms with Gasteiger partial charge in [0.05, 0.1) is 0 Å². The number of aryl methyl sites for hydroxylation is 1. The molecule has 1 atom stereocenters. The molecular weight excluding hydrogens is 274 g/mol. The zero-order valence-corrected chi connectivity index (χ0v) is 13.8. The molecule has 112 valence electrons. The second-order valence-electron chi connectivity index (χ2n) is 5.42. The lowest BCUT2D eigenvalue weighted by Crippen LogP contribution is -2.34. The molecule has 21 heavy (non-hydrogen) atoms. The monoisotopic (exact) mass is 299 g/mol. The molecule has 1 nitrogen and oxygen atoms in total. The van der Waals surface area contributed by atoms with Gasteiger partial charge in [-0.2, -0.15) is 0 Å². The van der Waals surface area contributed by atoms with Gasteiger partial charge in [-0.25, -0.2) is 0 Å². The van der Waals surface area contributed by atoms with Gasteiger partial charge in [-0.1, -0.05) is 55.5 Å². The molecule has 2 rings (SSSR count). The Morgan fingerprint density at radius 1 is 1.00 bits per heavy atom. The van der Waals surface area contributed by atoms with E-state index in [1.807, 2.05) is 11.8 Å². The SMILES string of the molecule is CCCNC(CSc1ccccc1C)Cc1ccccc1. The molecule has 0 aliphatic carbocycles. The number of nitrogens with one attached hydrogen (secondary N) is 1. The lowest BCUT2D eigenvalue weighted by molar-refractivity contribution is 0.550. The summed E-state index contributed by atoms with van der Waals surface area (Å²) in [7, 11) is 0. The molecule has 0 aromatic heterocycles. The normalized spacial score (nSPS) is 12.3. The zero-order valence-electron chi connectivity index (χ0n) is 13.0. The van der Waals surface area contributed by atoms with Gasteiger partial charge in [0.25, 0.3) is 0 Å². The maximum absolute atomic E-state index is 3.69. The van der Waals surface area contributed by atoms with Crippen molar-refractivity contribution in [1.82, 2.24) is 5.32 Å². The fraction of sp³-hybridized carbons (Fsp3) is 0.368. The zero-order chi connectivity index (χ0) is 14.9. The Hall–Kier alpha value is -1.25. The third-order valence-corrected chi connectivity index (χ3v) is 4.88. The van der Waals surface area contributed by atoms with E-state index in [4.69, 9.17) is 0 Å². The highest BCUT2D eigenvalue weighted by molar-refractivity contribution is 7.99.